The van der Waals surface area contributed by atoms with Crippen LogP contribution in [0, 0.1) is 0 Å². The molecule has 7 aromatic carbocycles. The summed E-state index contributed by atoms with van der Waals surface area (Å²) in [4.78, 5) is 30.0. The first kappa shape index (κ1) is 27.1. The van der Waals surface area contributed by atoms with E-state index in [0.717, 1.165) is 76.4 Å². The fourth-order valence-electron chi connectivity index (χ4n) is 7.84. The van der Waals surface area contributed by atoms with E-state index in [1.807, 2.05) is 54.6 Å². The molecule has 4 aromatic heterocycles. The molecule has 0 fully saturated rings. The van der Waals surface area contributed by atoms with E-state index < -0.39 is 0 Å². The Labute approximate surface area is 284 Å². The number of nitrogens with zero attached hydrogens (tertiary/aromatic N) is 5. The van der Waals surface area contributed by atoms with Crippen LogP contribution in [0.5, 0.6) is 0 Å². The maximum Gasteiger partial charge on any atom is 0.266 e. The Bertz CT molecular complexity index is 3290. The monoisotopic (exact) mass is 639 g/mol. The van der Waals surface area contributed by atoms with Crippen LogP contribution in [0.4, 0.5) is 0 Å². The van der Waals surface area contributed by atoms with Crippen molar-refractivity contribution in [1.29, 1.82) is 0 Å². The third kappa shape index (κ3) is 3.67. The van der Waals surface area contributed by atoms with Crippen molar-refractivity contribution in [2.45, 2.75) is 0 Å². The van der Waals surface area contributed by atoms with E-state index in [4.69, 9.17) is 15.0 Å². The lowest BCUT2D eigenvalue weighted by Crippen LogP contribution is -2.16. The molecule has 6 nitrogen and oxygen atoms in total. The molecule has 0 aliphatic rings. The average Bonchev–Trinajstić information content (AvgIpc) is 3.50. The number of rotatable bonds is 2. The fourth-order valence-corrected chi connectivity index (χ4v) is 7.84. The third-order valence-electron chi connectivity index (χ3n) is 10.1. The quantitative estimate of drug-likeness (QED) is 0.140. The minimum absolute atomic E-state index is 0.0818. The summed E-state index contributed by atoms with van der Waals surface area (Å²) in [5.74, 6) is 0.591. The van der Waals surface area contributed by atoms with Crippen molar-refractivity contribution in [3.8, 4) is 17.2 Å². The van der Waals surface area contributed by atoms with Gasteiger partial charge in [-0.1, -0.05) is 115 Å². The smallest absolute Gasteiger partial charge is 0.266 e. The molecule has 0 N–H and O–H groups in total. The SMILES string of the molecule is O=c1c2ccccc2nc2c3ccccc3c3cc4c(cc3n12)c1ccccc1n4-c1nc(-c2ccccc2)c2ccc3ccccc3c2n1. The molecule has 11 aromatic rings. The van der Waals surface area contributed by atoms with Crippen LogP contribution >= 0.6 is 0 Å². The zero-order valence-electron chi connectivity index (χ0n) is 26.6. The minimum atomic E-state index is -0.0818. The lowest BCUT2D eigenvalue weighted by atomic mass is 10.0. The van der Waals surface area contributed by atoms with Crippen LogP contribution in [0.1, 0.15) is 0 Å². The van der Waals surface area contributed by atoms with Crippen molar-refractivity contribution in [3.63, 3.8) is 0 Å². The van der Waals surface area contributed by atoms with Crippen LogP contribution in [-0.2, 0) is 0 Å². The summed E-state index contributed by atoms with van der Waals surface area (Å²) < 4.78 is 3.97. The van der Waals surface area contributed by atoms with Gasteiger partial charge in [0.05, 0.1) is 38.7 Å². The highest BCUT2D eigenvalue weighted by atomic mass is 16.1. The second-order valence-corrected chi connectivity index (χ2v) is 12.8. The number of benzene rings is 7. The number of pyridine rings is 1. The number of para-hydroxylation sites is 2. The fraction of sp³-hybridized carbons (Fsp3) is 0. The van der Waals surface area contributed by atoms with E-state index in [0.29, 0.717) is 22.5 Å². The van der Waals surface area contributed by atoms with Gasteiger partial charge in [0.25, 0.3) is 5.56 Å². The van der Waals surface area contributed by atoms with Crippen LogP contribution in [0.2, 0.25) is 0 Å². The highest BCUT2D eigenvalue weighted by molar-refractivity contribution is 6.20. The maximum absolute atomic E-state index is 14.3. The zero-order valence-corrected chi connectivity index (χ0v) is 26.6. The van der Waals surface area contributed by atoms with Crippen LogP contribution in [-0.4, -0.2) is 23.9 Å². The number of hydrogen-bond donors (Lipinski definition) is 0. The molecule has 0 saturated carbocycles. The van der Waals surface area contributed by atoms with Gasteiger partial charge in [-0.05, 0) is 47.2 Å². The summed E-state index contributed by atoms with van der Waals surface area (Å²) in [5.41, 5.74) is 6.83. The van der Waals surface area contributed by atoms with Gasteiger partial charge in [0.1, 0.15) is 5.65 Å². The van der Waals surface area contributed by atoms with E-state index in [-0.39, 0.29) is 5.56 Å². The van der Waals surface area contributed by atoms with Gasteiger partial charge in [-0.3, -0.25) is 13.8 Å². The highest BCUT2D eigenvalue weighted by Crippen LogP contribution is 2.39. The van der Waals surface area contributed by atoms with Crippen molar-refractivity contribution < 1.29 is 0 Å². The van der Waals surface area contributed by atoms with Gasteiger partial charge < -0.3 is 0 Å². The maximum atomic E-state index is 14.3. The van der Waals surface area contributed by atoms with Gasteiger partial charge in [0.2, 0.25) is 5.95 Å². The Morgan fingerprint density at radius 3 is 1.96 bits per heavy atom. The Morgan fingerprint density at radius 1 is 0.440 bits per heavy atom. The molecule has 0 saturated heterocycles. The third-order valence-corrected chi connectivity index (χ3v) is 10.1. The first-order valence-corrected chi connectivity index (χ1v) is 16.7. The second-order valence-electron chi connectivity index (χ2n) is 12.8. The summed E-state index contributed by atoms with van der Waals surface area (Å²) in [6.45, 7) is 0. The molecule has 6 heteroatoms. The predicted molar refractivity (Wildman–Crippen MR) is 204 cm³/mol. The van der Waals surface area contributed by atoms with Crippen molar-refractivity contribution in [2.24, 2.45) is 0 Å². The van der Waals surface area contributed by atoms with Crippen molar-refractivity contribution in [2.75, 3.05) is 0 Å². The van der Waals surface area contributed by atoms with E-state index in [1.165, 1.54) is 0 Å². The van der Waals surface area contributed by atoms with Crippen molar-refractivity contribution in [1.82, 2.24) is 23.9 Å². The summed E-state index contributed by atoms with van der Waals surface area (Å²) in [6, 6.07) is 51.5. The molecule has 0 bridgehead atoms. The van der Waals surface area contributed by atoms with Crippen LogP contribution in [0.25, 0.3) is 98.9 Å². The lowest BCUT2D eigenvalue weighted by Gasteiger charge is -2.14. The van der Waals surface area contributed by atoms with Crippen molar-refractivity contribution in [3.05, 3.63) is 162 Å². The standard InChI is InChI=1S/C44H25N5O/c50-43-32-19-8-10-20-36(32)45-42-31-18-7-6-16-29(31)34-24-38-35(25-39(34)49(42)43)30-17-9-11-21-37(30)48(38)44-46-40(27-13-2-1-3-14-27)33-23-22-26-12-4-5-15-28(26)41(33)47-44/h1-25H. The number of fused-ring (bicyclic) bond motifs is 13. The summed E-state index contributed by atoms with van der Waals surface area (Å²) in [5, 5.41) is 8.76. The molecule has 0 aliphatic heterocycles. The summed E-state index contributed by atoms with van der Waals surface area (Å²) in [7, 11) is 0. The molecule has 232 valence electrons. The molecule has 4 heterocycles. The zero-order chi connectivity index (χ0) is 32.9. The number of aromatic nitrogens is 5. The van der Waals surface area contributed by atoms with E-state index >= 15 is 0 Å². The van der Waals surface area contributed by atoms with Gasteiger partial charge in [-0.15, -0.1) is 0 Å². The van der Waals surface area contributed by atoms with E-state index in [9.17, 15) is 4.79 Å². The molecule has 0 atom stereocenters. The molecular formula is C44H25N5O. The lowest BCUT2D eigenvalue weighted by molar-refractivity contribution is 1.02. The van der Waals surface area contributed by atoms with Crippen LogP contribution in [0.15, 0.2) is 156 Å². The summed E-state index contributed by atoms with van der Waals surface area (Å²) >= 11 is 0. The normalized spacial score (nSPS) is 12.1. The molecule has 11 rings (SSSR count). The van der Waals surface area contributed by atoms with Crippen molar-refractivity contribution >= 4 is 81.7 Å². The molecule has 50 heavy (non-hydrogen) atoms. The topological polar surface area (TPSA) is 65.1 Å². The average molecular weight is 640 g/mol. The Morgan fingerprint density at radius 2 is 1.10 bits per heavy atom. The molecule has 0 spiro atoms. The highest BCUT2D eigenvalue weighted by Gasteiger charge is 2.21. The Hall–Kier alpha value is -6.92. The van der Waals surface area contributed by atoms with E-state index in [1.54, 1.807) is 4.40 Å². The predicted octanol–water partition coefficient (Wildman–Crippen LogP) is 10.0. The van der Waals surface area contributed by atoms with Gasteiger partial charge in [0, 0.05) is 37.9 Å². The first-order valence-electron chi connectivity index (χ1n) is 16.7. The van der Waals surface area contributed by atoms with Crippen LogP contribution < -0.4 is 5.56 Å². The van der Waals surface area contributed by atoms with Gasteiger partial charge in [-0.25, -0.2) is 15.0 Å². The largest absolute Gasteiger partial charge is 0.278 e. The van der Waals surface area contributed by atoms with Crippen LogP contribution in [0.3, 0.4) is 0 Å². The Kier molecular flexibility index (Phi) is 5.44. The van der Waals surface area contributed by atoms with E-state index in [2.05, 4.69) is 102 Å². The van der Waals surface area contributed by atoms with Gasteiger partial charge in [0.15, 0.2) is 0 Å². The molecular weight excluding hydrogens is 615 g/mol. The van der Waals surface area contributed by atoms with Gasteiger partial charge >= 0.3 is 0 Å². The first-order chi connectivity index (χ1) is 24.7. The molecule has 0 radical (unpaired) electrons. The Balaban J connectivity index is 1.33. The molecule has 0 amide bonds. The van der Waals surface area contributed by atoms with Gasteiger partial charge in [-0.2, -0.15) is 0 Å². The summed E-state index contributed by atoms with van der Waals surface area (Å²) in [6.07, 6.45) is 0. The molecule has 0 aliphatic carbocycles. The minimum Gasteiger partial charge on any atom is -0.278 e. The molecule has 0 unspecified atom stereocenters. The number of hydrogen-bond acceptors (Lipinski definition) is 4. The second kappa shape index (κ2) is 10.0.